The van der Waals surface area contributed by atoms with Gasteiger partial charge in [-0.25, -0.2) is 0 Å². The van der Waals surface area contributed by atoms with Gasteiger partial charge in [-0.05, 0) is 24.5 Å². The molecule has 0 bridgehead atoms. The number of methoxy groups -OCH3 is 1. The third kappa shape index (κ3) is 3.82. The Morgan fingerprint density at radius 3 is 2.52 bits per heavy atom. The predicted molar refractivity (Wildman–Crippen MR) is 88.8 cm³/mol. The zero-order valence-corrected chi connectivity index (χ0v) is 13.7. The van der Waals surface area contributed by atoms with Crippen molar-refractivity contribution in [3.63, 3.8) is 0 Å². The molecule has 0 N–H and O–H groups in total. The average molecular weight is 319 g/mol. The molecule has 6 heteroatoms. The second-order valence-corrected chi connectivity index (χ2v) is 6.51. The van der Waals surface area contributed by atoms with Crippen LogP contribution in [0.3, 0.4) is 0 Å². The summed E-state index contributed by atoms with van der Waals surface area (Å²) < 4.78 is 5.06. The van der Waals surface area contributed by atoms with Crippen molar-refractivity contribution in [1.29, 1.82) is 0 Å². The topological polar surface area (TPSA) is 58.8 Å². The number of piperazine rings is 1. The number of rotatable bonds is 5. The highest BCUT2D eigenvalue weighted by atomic mass is 16.6. The van der Waals surface area contributed by atoms with E-state index in [2.05, 4.69) is 9.80 Å². The molecular weight excluding hydrogens is 294 g/mol. The summed E-state index contributed by atoms with van der Waals surface area (Å²) in [5, 5.41) is 11.1. The van der Waals surface area contributed by atoms with E-state index in [1.165, 1.54) is 32.8 Å². The third-order valence-corrected chi connectivity index (χ3v) is 5.09. The molecule has 0 unspecified atom stereocenters. The lowest BCUT2D eigenvalue weighted by molar-refractivity contribution is -0.385. The number of nitrogens with zero attached hydrogens (tertiary/aromatic N) is 3. The standard InChI is InChI=1S/C17H25N3O3/c1-23-17-7-6-14(12-16(17)20(21)22)13-18-8-10-19(11-9-18)15-4-2-3-5-15/h6-7,12,15H,2-5,8-11,13H2,1H3. The molecule has 1 saturated heterocycles. The van der Waals surface area contributed by atoms with Gasteiger partial charge in [-0.2, -0.15) is 0 Å². The fraction of sp³-hybridized carbons (Fsp3) is 0.647. The number of hydrogen-bond donors (Lipinski definition) is 0. The summed E-state index contributed by atoms with van der Waals surface area (Å²) in [4.78, 5) is 15.8. The molecule has 1 aliphatic heterocycles. The van der Waals surface area contributed by atoms with Gasteiger partial charge in [-0.3, -0.25) is 19.9 Å². The molecule has 23 heavy (non-hydrogen) atoms. The molecule has 2 fully saturated rings. The van der Waals surface area contributed by atoms with Gasteiger partial charge in [0.2, 0.25) is 0 Å². The molecule has 0 aromatic heterocycles. The minimum absolute atomic E-state index is 0.0505. The van der Waals surface area contributed by atoms with E-state index in [9.17, 15) is 10.1 Å². The van der Waals surface area contributed by atoms with Crippen molar-refractivity contribution >= 4 is 5.69 Å². The fourth-order valence-corrected chi connectivity index (χ4v) is 3.79. The minimum Gasteiger partial charge on any atom is -0.490 e. The van der Waals surface area contributed by atoms with Crippen LogP contribution in [0, 0.1) is 10.1 Å². The van der Waals surface area contributed by atoms with Crippen LogP contribution in [0.2, 0.25) is 0 Å². The maximum absolute atomic E-state index is 11.1. The van der Waals surface area contributed by atoms with Crippen molar-refractivity contribution in [3.05, 3.63) is 33.9 Å². The number of benzene rings is 1. The van der Waals surface area contributed by atoms with Crippen LogP contribution in [0.15, 0.2) is 18.2 Å². The quantitative estimate of drug-likeness (QED) is 0.617. The number of hydrogen-bond acceptors (Lipinski definition) is 5. The Labute approximate surface area is 137 Å². The van der Waals surface area contributed by atoms with Gasteiger partial charge in [0.1, 0.15) is 0 Å². The van der Waals surface area contributed by atoms with Crippen LogP contribution in [0.1, 0.15) is 31.2 Å². The lowest BCUT2D eigenvalue weighted by Gasteiger charge is -2.38. The largest absolute Gasteiger partial charge is 0.490 e. The van der Waals surface area contributed by atoms with E-state index in [4.69, 9.17) is 4.74 Å². The van der Waals surface area contributed by atoms with E-state index < -0.39 is 0 Å². The predicted octanol–water partition coefficient (Wildman–Crippen LogP) is 2.66. The first-order valence-electron chi connectivity index (χ1n) is 8.45. The molecule has 1 aliphatic carbocycles. The molecule has 1 heterocycles. The van der Waals surface area contributed by atoms with Crippen LogP contribution in [0.5, 0.6) is 5.75 Å². The SMILES string of the molecule is COc1ccc(CN2CCN(C3CCCC3)CC2)cc1[N+](=O)[O-]. The molecule has 6 nitrogen and oxygen atoms in total. The normalized spacial score (nSPS) is 20.7. The first-order chi connectivity index (χ1) is 11.2. The molecule has 1 aromatic rings. The van der Waals surface area contributed by atoms with Gasteiger partial charge in [0.25, 0.3) is 0 Å². The van der Waals surface area contributed by atoms with E-state index >= 15 is 0 Å². The number of nitro benzene ring substituents is 1. The summed E-state index contributed by atoms with van der Waals surface area (Å²) in [6.07, 6.45) is 5.45. The Balaban J connectivity index is 1.58. The summed E-state index contributed by atoms with van der Waals surface area (Å²) in [5.74, 6) is 0.324. The first kappa shape index (κ1) is 16.2. The smallest absolute Gasteiger partial charge is 0.311 e. The van der Waals surface area contributed by atoms with Crippen LogP contribution in [0.4, 0.5) is 5.69 Å². The van der Waals surface area contributed by atoms with Crippen LogP contribution < -0.4 is 4.74 Å². The summed E-state index contributed by atoms with van der Waals surface area (Å²) in [7, 11) is 1.46. The number of nitro groups is 1. The second-order valence-electron chi connectivity index (χ2n) is 6.51. The van der Waals surface area contributed by atoms with E-state index in [-0.39, 0.29) is 10.6 Å². The van der Waals surface area contributed by atoms with E-state index in [0.717, 1.165) is 44.3 Å². The van der Waals surface area contributed by atoms with Crippen LogP contribution >= 0.6 is 0 Å². The highest BCUT2D eigenvalue weighted by molar-refractivity contribution is 5.48. The van der Waals surface area contributed by atoms with Gasteiger partial charge in [-0.15, -0.1) is 0 Å². The highest BCUT2D eigenvalue weighted by Gasteiger charge is 2.26. The summed E-state index contributed by atoms with van der Waals surface area (Å²) in [5.41, 5.74) is 1.03. The fourth-order valence-electron chi connectivity index (χ4n) is 3.79. The summed E-state index contributed by atoms with van der Waals surface area (Å²) in [6, 6.07) is 6.05. The lowest BCUT2D eigenvalue weighted by atomic mass is 10.1. The monoisotopic (exact) mass is 319 g/mol. The maximum Gasteiger partial charge on any atom is 0.311 e. The van der Waals surface area contributed by atoms with Gasteiger partial charge >= 0.3 is 5.69 Å². The van der Waals surface area contributed by atoms with Crippen LogP contribution in [-0.2, 0) is 6.54 Å². The van der Waals surface area contributed by atoms with Crippen LogP contribution in [0.25, 0.3) is 0 Å². The van der Waals surface area contributed by atoms with Crippen molar-refractivity contribution in [2.75, 3.05) is 33.3 Å². The molecule has 1 aromatic carbocycles. The van der Waals surface area contributed by atoms with Crippen molar-refractivity contribution in [2.45, 2.75) is 38.3 Å². The minimum atomic E-state index is -0.375. The second kappa shape index (κ2) is 7.27. The average Bonchev–Trinajstić information content (AvgIpc) is 3.10. The van der Waals surface area contributed by atoms with Crippen molar-refractivity contribution in [3.8, 4) is 5.75 Å². The van der Waals surface area contributed by atoms with Crippen molar-refractivity contribution in [2.24, 2.45) is 0 Å². The van der Waals surface area contributed by atoms with Gasteiger partial charge in [-0.1, -0.05) is 18.9 Å². The van der Waals surface area contributed by atoms with Gasteiger partial charge < -0.3 is 4.74 Å². The summed E-state index contributed by atoms with van der Waals surface area (Å²) in [6.45, 7) is 5.07. The van der Waals surface area contributed by atoms with Crippen molar-refractivity contribution in [1.82, 2.24) is 9.80 Å². The molecule has 0 spiro atoms. The molecule has 126 valence electrons. The zero-order valence-electron chi connectivity index (χ0n) is 13.7. The van der Waals surface area contributed by atoms with Gasteiger partial charge in [0.15, 0.2) is 5.75 Å². The Kier molecular flexibility index (Phi) is 5.13. The summed E-state index contributed by atoms with van der Waals surface area (Å²) >= 11 is 0. The number of ether oxygens (including phenoxy) is 1. The highest BCUT2D eigenvalue weighted by Crippen LogP contribution is 2.28. The van der Waals surface area contributed by atoms with Gasteiger partial charge in [0.05, 0.1) is 12.0 Å². The Morgan fingerprint density at radius 2 is 1.91 bits per heavy atom. The molecule has 2 aliphatic rings. The maximum atomic E-state index is 11.1. The Hall–Kier alpha value is -1.66. The molecule has 3 rings (SSSR count). The molecule has 0 amide bonds. The molecule has 0 atom stereocenters. The Bertz CT molecular complexity index is 550. The first-order valence-corrected chi connectivity index (χ1v) is 8.45. The van der Waals surface area contributed by atoms with Gasteiger partial charge in [0, 0.05) is 44.8 Å². The molecular formula is C17H25N3O3. The van der Waals surface area contributed by atoms with Crippen LogP contribution in [-0.4, -0.2) is 54.1 Å². The van der Waals surface area contributed by atoms with E-state index in [1.807, 2.05) is 6.07 Å². The van der Waals surface area contributed by atoms with Crippen molar-refractivity contribution < 1.29 is 9.66 Å². The molecule has 1 saturated carbocycles. The third-order valence-electron chi connectivity index (χ3n) is 5.09. The zero-order chi connectivity index (χ0) is 16.2. The molecule has 0 radical (unpaired) electrons. The van der Waals surface area contributed by atoms with E-state index in [0.29, 0.717) is 5.75 Å². The lowest BCUT2D eigenvalue weighted by Crippen LogP contribution is -2.49. The van der Waals surface area contributed by atoms with E-state index in [1.54, 1.807) is 12.1 Å². The Morgan fingerprint density at radius 1 is 1.22 bits per heavy atom.